The van der Waals surface area contributed by atoms with Crippen molar-refractivity contribution in [3.05, 3.63) is 69.5 Å². The third-order valence-electron chi connectivity index (χ3n) is 4.75. The van der Waals surface area contributed by atoms with E-state index in [1.807, 2.05) is 0 Å². The molecule has 0 aliphatic carbocycles. The van der Waals surface area contributed by atoms with E-state index in [1.54, 1.807) is 33.9 Å². The number of allylic oxidation sites excluding steroid dienone is 1. The molecule has 3 aromatic rings. The zero-order valence-electron chi connectivity index (χ0n) is 16.6. The molecule has 152 valence electrons. The van der Waals surface area contributed by atoms with Crippen LogP contribution in [0, 0.1) is 12.7 Å². The first-order chi connectivity index (χ1) is 13.6. The van der Waals surface area contributed by atoms with Gasteiger partial charge < -0.3 is 5.32 Å². The van der Waals surface area contributed by atoms with Gasteiger partial charge in [-0.05, 0) is 32.4 Å². The minimum atomic E-state index is -2.91. The average molecular weight is 402 g/mol. The number of nitrogens with one attached hydrogen (secondary N) is 1. The number of aryl methyl sites for hydroxylation is 2. The van der Waals surface area contributed by atoms with Gasteiger partial charge in [0.25, 0.3) is 12.0 Å². The molecule has 1 N–H and O–H groups in total. The van der Waals surface area contributed by atoms with Gasteiger partial charge in [0.05, 0.1) is 17.0 Å². The standard InChI is InChI=1S/C21H21F3N4O/c1-10(2)15-9-16-19(26-12(4)27-20(16)28(5)21(15)29)25-11(3)13-7-6-8-14(17(13)22)18(23)24/h6-9,11,18H,1H2,2-5H3,(H,25,26,27). The van der Waals surface area contributed by atoms with Crippen LogP contribution < -0.4 is 10.9 Å². The molecular formula is C21H21F3N4O. The van der Waals surface area contributed by atoms with Crippen molar-refractivity contribution >= 4 is 22.4 Å². The number of hydrogen-bond donors (Lipinski definition) is 1. The lowest BCUT2D eigenvalue weighted by atomic mass is 10.0. The Morgan fingerprint density at radius 3 is 2.52 bits per heavy atom. The van der Waals surface area contributed by atoms with Crippen LogP contribution in [-0.2, 0) is 7.05 Å². The maximum Gasteiger partial charge on any atom is 0.266 e. The second-order valence-corrected chi connectivity index (χ2v) is 6.98. The highest BCUT2D eigenvalue weighted by Gasteiger charge is 2.21. The number of anilines is 1. The summed E-state index contributed by atoms with van der Waals surface area (Å²) in [6.07, 6.45) is -2.91. The van der Waals surface area contributed by atoms with E-state index in [4.69, 9.17) is 0 Å². The Morgan fingerprint density at radius 2 is 1.90 bits per heavy atom. The van der Waals surface area contributed by atoms with Gasteiger partial charge in [-0.3, -0.25) is 9.36 Å². The summed E-state index contributed by atoms with van der Waals surface area (Å²) in [7, 11) is 1.60. The fourth-order valence-corrected chi connectivity index (χ4v) is 3.21. The Bertz CT molecular complexity index is 1170. The van der Waals surface area contributed by atoms with Crippen LogP contribution in [0.2, 0.25) is 0 Å². The SMILES string of the molecule is C=C(C)c1cc2c(NC(C)c3cccc(C(F)F)c3F)nc(C)nc2n(C)c1=O. The molecule has 0 amide bonds. The zero-order chi connectivity index (χ0) is 21.5. The lowest BCUT2D eigenvalue weighted by Crippen LogP contribution is -2.22. The Kier molecular flexibility index (Phi) is 5.46. The minimum absolute atomic E-state index is 0.0946. The summed E-state index contributed by atoms with van der Waals surface area (Å²) in [5, 5.41) is 3.63. The summed E-state index contributed by atoms with van der Waals surface area (Å²) >= 11 is 0. The molecule has 1 unspecified atom stereocenters. The lowest BCUT2D eigenvalue weighted by molar-refractivity contribution is 0.146. The van der Waals surface area contributed by atoms with Gasteiger partial charge in [-0.2, -0.15) is 0 Å². The normalized spacial score (nSPS) is 12.4. The molecule has 0 aliphatic rings. The van der Waals surface area contributed by atoms with Crippen molar-refractivity contribution in [1.82, 2.24) is 14.5 Å². The number of alkyl halides is 2. The number of benzene rings is 1. The number of pyridine rings is 1. The van der Waals surface area contributed by atoms with Gasteiger partial charge in [-0.15, -0.1) is 0 Å². The molecule has 0 aliphatic heterocycles. The summed E-state index contributed by atoms with van der Waals surface area (Å²) < 4.78 is 42.0. The zero-order valence-corrected chi connectivity index (χ0v) is 16.6. The van der Waals surface area contributed by atoms with Gasteiger partial charge in [0.1, 0.15) is 23.1 Å². The number of fused-ring (bicyclic) bond motifs is 1. The number of nitrogens with zero attached hydrogens (tertiary/aromatic N) is 3. The first-order valence-electron chi connectivity index (χ1n) is 8.99. The fourth-order valence-electron chi connectivity index (χ4n) is 3.21. The first-order valence-corrected chi connectivity index (χ1v) is 8.99. The smallest absolute Gasteiger partial charge is 0.266 e. The van der Waals surface area contributed by atoms with E-state index in [0.29, 0.717) is 33.8 Å². The third kappa shape index (κ3) is 3.74. The third-order valence-corrected chi connectivity index (χ3v) is 4.75. The van der Waals surface area contributed by atoms with Crippen molar-refractivity contribution in [2.24, 2.45) is 7.05 Å². The quantitative estimate of drug-likeness (QED) is 0.658. The average Bonchev–Trinajstić information content (AvgIpc) is 2.64. The molecule has 5 nitrogen and oxygen atoms in total. The maximum absolute atomic E-state index is 14.5. The topological polar surface area (TPSA) is 59.8 Å². The number of hydrogen-bond acceptors (Lipinski definition) is 4. The molecule has 0 saturated heterocycles. The van der Waals surface area contributed by atoms with Crippen LogP contribution in [0.15, 0.2) is 35.6 Å². The molecule has 0 bridgehead atoms. The fraction of sp³-hybridized carbons (Fsp3) is 0.286. The van der Waals surface area contributed by atoms with Crippen LogP contribution in [0.1, 0.15) is 48.8 Å². The molecule has 0 fully saturated rings. The molecule has 1 atom stereocenters. The van der Waals surface area contributed by atoms with Crippen LogP contribution in [0.3, 0.4) is 0 Å². The molecule has 0 radical (unpaired) electrons. The van der Waals surface area contributed by atoms with Gasteiger partial charge in [-0.25, -0.2) is 23.1 Å². The summed E-state index contributed by atoms with van der Waals surface area (Å²) in [5.41, 5.74) is 0.613. The minimum Gasteiger partial charge on any atom is -0.363 e. The Morgan fingerprint density at radius 1 is 1.24 bits per heavy atom. The second-order valence-electron chi connectivity index (χ2n) is 6.98. The van der Waals surface area contributed by atoms with Crippen LogP contribution in [0.25, 0.3) is 16.6 Å². The molecule has 8 heteroatoms. The van der Waals surface area contributed by atoms with Gasteiger partial charge in [0.15, 0.2) is 0 Å². The maximum atomic E-state index is 14.5. The van der Waals surface area contributed by atoms with Crippen molar-refractivity contribution in [2.45, 2.75) is 33.2 Å². The van der Waals surface area contributed by atoms with Gasteiger partial charge in [0.2, 0.25) is 0 Å². The van der Waals surface area contributed by atoms with Crippen LogP contribution >= 0.6 is 0 Å². The van der Waals surface area contributed by atoms with E-state index >= 15 is 0 Å². The van der Waals surface area contributed by atoms with Crippen molar-refractivity contribution < 1.29 is 13.2 Å². The molecule has 2 heterocycles. The predicted octanol–water partition coefficient (Wildman–Crippen LogP) is 4.92. The predicted molar refractivity (Wildman–Crippen MR) is 108 cm³/mol. The molecule has 29 heavy (non-hydrogen) atoms. The van der Waals surface area contributed by atoms with E-state index in [9.17, 15) is 18.0 Å². The van der Waals surface area contributed by atoms with E-state index in [2.05, 4.69) is 21.9 Å². The highest BCUT2D eigenvalue weighted by atomic mass is 19.3. The summed E-state index contributed by atoms with van der Waals surface area (Å²) in [6.45, 7) is 8.88. The van der Waals surface area contributed by atoms with E-state index in [-0.39, 0.29) is 11.1 Å². The molecule has 3 rings (SSSR count). The van der Waals surface area contributed by atoms with Crippen LogP contribution in [-0.4, -0.2) is 14.5 Å². The summed E-state index contributed by atoms with van der Waals surface area (Å²) in [6, 6.07) is 4.89. The lowest BCUT2D eigenvalue weighted by Gasteiger charge is -2.19. The Hall–Kier alpha value is -3.16. The first kappa shape index (κ1) is 20.6. The number of aromatic nitrogens is 3. The van der Waals surface area contributed by atoms with Gasteiger partial charge in [-0.1, -0.05) is 24.8 Å². The van der Waals surface area contributed by atoms with E-state index in [1.165, 1.54) is 16.7 Å². The van der Waals surface area contributed by atoms with Crippen molar-refractivity contribution in [3.8, 4) is 0 Å². The summed E-state index contributed by atoms with van der Waals surface area (Å²) in [5.74, 6) is -0.167. The van der Waals surface area contributed by atoms with Crippen LogP contribution in [0.4, 0.5) is 19.0 Å². The number of halogens is 3. The second kappa shape index (κ2) is 7.69. The molecule has 2 aromatic heterocycles. The van der Waals surface area contributed by atoms with Crippen molar-refractivity contribution in [2.75, 3.05) is 5.32 Å². The highest BCUT2D eigenvalue weighted by molar-refractivity contribution is 5.89. The van der Waals surface area contributed by atoms with E-state index in [0.717, 1.165) is 6.07 Å². The van der Waals surface area contributed by atoms with Gasteiger partial charge in [0, 0.05) is 18.2 Å². The van der Waals surface area contributed by atoms with Crippen molar-refractivity contribution in [1.29, 1.82) is 0 Å². The highest BCUT2D eigenvalue weighted by Crippen LogP contribution is 2.30. The molecule has 0 spiro atoms. The van der Waals surface area contributed by atoms with Crippen molar-refractivity contribution in [3.63, 3.8) is 0 Å². The Balaban J connectivity index is 2.15. The largest absolute Gasteiger partial charge is 0.363 e. The number of rotatable bonds is 5. The van der Waals surface area contributed by atoms with E-state index < -0.39 is 23.8 Å². The van der Waals surface area contributed by atoms with Crippen LogP contribution in [0.5, 0.6) is 0 Å². The monoisotopic (exact) mass is 402 g/mol. The Labute approximate surface area is 165 Å². The summed E-state index contributed by atoms with van der Waals surface area (Å²) in [4.78, 5) is 21.3. The van der Waals surface area contributed by atoms with Gasteiger partial charge >= 0.3 is 0 Å². The molecule has 1 aromatic carbocycles. The molecular weight excluding hydrogens is 381 g/mol. The molecule has 0 saturated carbocycles.